The number of sulfonamides is 1. The molecule has 0 unspecified atom stereocenters. The van der Waals surface area contributed by atoms with E-state index in [9.17, 15) is 8.42 Å². The Bertz CT molecular complexity index is 473. The Morgan fingerprint density at radius 3 is 2.50 bits per heavy atom. The summed E-state index contributed by atoms with van der Waals surface area (Å²) < 4.78 is 24.4. The van der Waals surface area contributed by atoms with Crippen LogP contribution in [0.5, 0.6) is 0 Å². The highest BCUT2D eigenvalue weighted by Crippen LogP contribution is 2.04. The van der Waals surface area contributed by atoms with Gasteiger partial charge in [-0.2, -0.15) is 0 Å². The first-order valence-electron chi connectivity index (χ1n) is 3.68. The Kier molecular flexibility index (Phi) is 3.28. The van der Waals surface area contributed by atoms with E-state index < -0.39 is 10.0 Å². The predicted octanol–water partition coefficient (Wildman–Crippen LogP) is 2.30. The summed E-state index contributed by atoms with van der Waals surface area (Å²) in [6.45, 7) is 0. The summed E-state index contributed by atoms with van der Waals surface area (Å²) in [7, 11) is -3.80. The van der Waals surface area contributed by atoms with E-state index in [0.29, 0.717) is 0 Å². The Balaban J connectivity index is 2.90. The molecule has 0 amide bonds. The van der Waals surface area contributed by atoms with Crippen LogP contribution in [0.1, 0.15) is 5.56 Å². The zero-order chi connectivity index (χ0) is 10.4. The fraction of sp³-hybridized carbons (Fsp3) is 0. The molecule has 72 valence electrons. The summed E-state index contributed by atoms with van der Waals surface area (Å²) in [4.78, 5) is 2.21. The first-order valence-corrected chi connectivity index (χ1v) is 5.19. The van der Waals surface area contributed by atoms with Crippen molar-refractivity contribution in [1.29, 1.82) is 0 Å². The third-order valence-corrected chi connectivity index (χ3v) is 2.16. The average Bonchev–Trinajstić information content (AvgIpc) is 2.17. The summed E-state index contributed by atoms with van der Waals surface area (Å²) >= 11 is 0. The third-order valence-electron chi connectivity index (χ3n) is 1.38. The Hall–Kier alpha value is -1.78. The van der Waals surface area contributed by atoms with Gasteiger partial charge in [0.05, 0.1) is 0 Å². The summed E-state index contributed by atoms with van der Waals surface area (Å²) in [6, 6.07) is 8.85. The van der Waals surface area contributed by atoms with Crippen LogP contribution in [-0.2, 0) is 10.0 Å². The molecule has 0 aliphatic rings. The lowest BCUT2D eigenvalue weighted by Crippen LogP contribution is -1.85. The molecule has 0 heterocycles. The number of benzene rings is 1. The first kappa shape index (κ1) is 10.3. The molecule has 14 heavy (non-hydrogen) atoms. The minimum Gasteiger partial charge on any atom is -0.216 e. The zero-order valence-electron chi connectivity index (χ0n) is 7.11. The summed E-state index contributed by atoms with van der Waals surface area (Å²) in [6.07, 6.45) is 1.37. The topological polar surface area (TPSA) is 82.9 Å². The van der Waals surface area contributed by atoms with Crippen LogP contribution in [0.15, 0.2) is 40.3 Å². The molecule has 0 N–H and O–H groups in total. The van der Waals surface area contributed by atoms with Crippen molar-refractivity contribution in [2.45, 2.75) is 0 Å². The second-order valence-corrected chi connectivity index (χ2v) is 3.86. The van der Waals surface area contributed by atoms with E-state index in [1.807, 2.05) is 6.07 Å². The highest BCUT2D eigenvalue weighted by molar-refractivity contribution is 7.93. The summed E-state index contributed by atoms with van der Waals surface area (Å²) in [5, 5.41) is 0.863. The maximum Gasteiger partial charge on any atom is 0.257 e. The van der Waals surface area contributed by atoms with Crippen molar-refractivity contribution in [1.82, 2.24) is 0 Å². The Morgan fingerprint density at radius 2 is 1.93 bits per heavy atom. The van der Waals surface area contributed by atoms with Gasteiger partial charge in [-0.25, -0.2) is 8.42 Å². The Labute approximate surface area is 81.4 Å². The molecule has 0 fully saturated rings. The fourth-order valence-electron chi connectivity index (χ4n) is 0.807. The van der Waals surface area contributed by atoms with Crippen molar-refractivity contribution in [3.8, 4) is 0 Å². The number of hydrogen-bond donors (Lipinski definition) is 0. The number of azide groups is 1. The van der Waals surface area contributed by atoms with Crippen molar-refractivity contribution >= 4 is 16.1 Å². The second-order valence-electron chi connectivity index (χ2n) is 2.40. The Morgan fingerprint density at radius 1 is 1.29 bits per heavy atom. The SMILES string of the molecule is [N-]=[N+]=NS(=O)(=O)/C=C/c1ccccc1. The highest BCUT2D eigenvalue weighted by Gasteiger charge is 1.99. The maximum absolute atomic E-state index is 10.9. The monoisotopic (exact) mass is 209 g/mol. The number of hydrogen-bond acceptors (Lipinski definition) is 2. The van der Waals surface area contributed by atoms with Gasteiger partial charge in [0.15, 0.2) is 0 Å². The molecule has 0 aliphatic heterocycles. The van der Waals surface area contributed by atoms with E-state index in [4.69, 9.17) is 5.53 Å². The van der Waals surface area contributed by atoms with Crippen LogP contribution in [0.3, 0.4) is 0 Å². The van der Waals surface area contributed by atoms with Gasteiger partial charge in [0.25, 0.3) is 10.0 Å². The molecule has 0 aliphatic carbocycles. The fourth-order valence-corrected chi connectivity index (χ4v) is 1.29. The van der Waals surface area contributed by atoms with E-state index in [2.05, 4.69) is 9.43 Å². The smallest absolute Gasteiger partial charge is 0.216 e. The quantitative estimate of drug-likeness (QED) is 0.434. The second kappa shape index (κ2) is 4.45. The maximum atomic E-state index is 10.9. The molecular formula is C8H7N3O2S. The largest absolute Gasteiger partial charge is 0.257 e. The first-order chi connectivity index (χ1) is 6.64. The van der Waals surface area contributed by atoms with Crippen LogP contribution in [-0.4, -0.2) is 8.42 Å². The molecule has 1 aromatic rings. The van der Waals surface area contributed by atoms with Gasteiger partial charge in [-0.15, -0.1) is 0 Å². The molecule has 0 aromatic heterocycles. The number of nitrogens with zero attached hydrogens (tertiary/aromatic N) is 3. The summed E-state index contributed by atoms with van der Waals surface area (Å²) in [5.74, 6) is 0. The molecule has 0 saturated carbocycles. The van der Waals surface area contributed by atoms with Crippen molar-refractivity contribution in [2.24, 2.45) is 4.52 Å². The number of rotatable bonds is 3. The molecule has 0 spiro atoms. The van der Waals surface area contributed by atoms with Crippen LogP contribution in [0.4, 0.5) is 0 Å². The van der Waals surface area contributed by atoms with Gasteiger partial charge < -0.3 is 0 Å². The highest BCUT2D eigenvalue weighted by atomic mass is 32.2. The minimum atomic E-state index is -3.80. The van der Waals surface area contributed by atoms with Crippen LogP contribution in [0, 0.1) is 0 Å². The van der Waals surface area contributed by atoms with Gasteiger partial charge in [0, 0.05) is 14.8 Å². The average molecular weight is 209 g/mol. The lowest BCUT2D eigenvalue weighted by Gasteiger charge is -1.89. The lowest BCUT2D eigenvalue weighted by molar-refractivity contribution is 0.606. The van der Waals surface area contributed by atoms with Gasteiger partial charge in [0.2, 0.25) is 0 Å². The van der Waals surface area contributed by atoms with Gasteiger partial charge in [-0.1, -0.05) is 30.3 Å². The van der Waals surface area contributed by atoms with Gasteiger partial charge in [-0.05, 0) is 17.2 Å². The van der Waals surface area contributed by atoms with E-state index in [-0.39, 0.29) is 0 Å². The van der Waals surface area contributed by atoms with Gasteiger partial charge in [-0.3, -0.25) is 0 Å². The predicted molar refractivity (Wildman–Crippen MR) is 53.5 cm³/mol. The molecule has 0 saturated heterocycles. The van der Waals surface area contributed by atoms with Crippen molar-refractivity contribution in [2.75, 3.05) is 0 Å². The molecule has 1 aromatic carbocycles. The zero-order valence-corrected chi connectivity index (χ0v) is 7.92. The van der Waals surface area contributed by atoms with E-state index >= 15 is 0 Å². The van der Waals surface area contributed by atoms with Crippen molar-refractivity contribution < 1.29 is 8.42 Å². The van der Waals surface area contributed by atoms with Crippen LogP contribution < -0.4 is 0 Å². The molecule has 0 radical (unpaired) electrons. The molecule has 5 nitrogen and oxygen atoms in total. The van der Waals surface area contributed by atoms with E-state index in [1.54, 1.807) is 24.3 Å². The van der Waals surface area contributed by atoms with Crippen LogP contribution >= 0.6 is 0 Å². The van der Waals surface area contributed by atoms with Crippen LogP contribution in [0.2, 0.25) is 0 Å². The molecule has 1 rings (SSSR count). The summed E-state index contributed by atoms with van der Waals surface area (Å²) in [5.41, 5.74) is 8.67. The standard InChI is InChI=1S/C8H7N3O2S/c9-10-11-14(12,13)7-6-8-4-2-1-3-5-8/h1-7H/b7-6+. The van der Waals surface area contributed by atoms with E-state index in [0.717, 1.165) is 11.0 Å². The molecular weight excluding hydrogens is 202 g/mol. The van der Waals surface area contributed by atoms with Crippen molar-refractivity contribution in [3.63, 3.8) is 0 Å². The third kappa shape index (κ3) is 3.30. The lowest BCUT2D eigenvalue weighted by atomic mass is 10.2. The molecule has 0 bridgehead atoms. The van der Waals surface area contributed by atoms with Gasteiger partial charge in [0.1, 0.15) is 0 Å². The normalized spacial score (nSPS) is 11.1. The van der Waals surface area contributed by atoms with Gasteiger partial charge >= 0.3 is 0 Å². The van der Waals surface area contributed by atoms with E-state index in [1.165, 1.54) is 6.08 Å². The molecule has 6 heteroatoms. The van der Waals surface area contributed by atoms with Crippen LogP contribution in [0.25, 0.3) is 16.5 Å². The van der Waals surface area contributed by atoms with Crippen molar-refractivity contribution in [3.05, 3.63) is 51.7 Å². The molecule has 0 atom stereocenters. The minimum absolute atomic E-state index is 0.726.